The van der Waals surface area contributed by atoms with E-state index in [2.05, 4.69) is 52.0 Å². The summed E-state index contributed by atoms with van der Waals surface area (Å²) in [4.78, 5) is 0. The molecule has 0 unspecified atom stereocenters. The Morgan fingerprint density at radius 2 is 1.71 bits per heavy atom. The zero-order valence-electron chi connectivity index (χ0n) is 9.54. The van der Waals surface area contributed by atoms with Gasteiger partial charge in [0, 0.05) is 0 Å². The first-order valence-electron chi connectivity index (χ1n) is 5.09. The summed E-state index contributed by atoms with van der Waals surface area (Å²) in [6.45, 7) is 8.52. The number of benzene rings is 1. The van der Waals surface area contributed by atoms with Crippen molar-refractivity contribution in [2.45, 2.75) is 39.7 Å². The Balaban J connectivity index is 2.89. The van der Waals surface area contributed by atoms with Crippen LogP contribution in [0.1, 0.15) is 32.8 Å². The summed E-state index contributed by atoms with van der Waals surface area (Å²) in [5.41, 5.74) is 2.34. The highest BCUT2D eigenvalue weighted by atomic mass is 15.4. The van der Waals surface area contributed by atoms with E-state index < -0.39 is 0 Å². The second kappa shape index (κ2) is 4.01. The van der Waals surface area contributed by atoms with Gasteiger partial charge in [-0.25, -0.2) is 5.84 Å². The first kappa shape index (κ1) is 11.1. The Morgan fingerprint density at radius 3 is 2.14 bits per heavy atom. The maximum Gasteiger partial charge on any atom is 0.0523 e. The molecule has 1 rings (SSSR count). The Morgan fingerprint density at radius 1 is 1.21 bits per heavy atom. The average molecular weight is 192 g/mol. The van der Waals surface area contributed by atoms with E-state index in [-0.39, 0.29) is 5.54 Å². The third kappa shape index (κ3) is 2.26. The standard InChI is InChI=1S/C12H20N2/c1-5-12(3,4)14(13)11-8-6-10(2)7-9-11/h6-9H,5,13H2,1-4H3. The van der Waals surface area contributed by atoms with Crippen LogP contribution in [0.2, 0.25) is 0 Å². The van der Waals surface area contributed by atoms with Gasteiger partial charge >= 0.3 is 0 Å². The van der Waals surface area contributed by atoms with Gasteiger partial charge in [-0.15, -0.1) is 0 Å². The van der Waals surface area contributed by atoms with Gasteiger partial charge in [-0.3, -0.25) is 0 Å². The van der Waals surface area contributed by atoms with E-state index in [1.54, 1.807) is 0 Å². The van der Waals surface area contributed by atoms with E-state index >= 15 is 0 Å². The first-order valence-corrected chi connectivity index (χ1v) is 5.09. The molecule has 2 N–H and O–H groups in total. The van der Waals surface area contributed by atoms with Gasteiger partial charge in [0.25, 0.3) is 0 Å². The molecule has 0 aliphatic heterocycles. The molecule has 0 radical (unpaired) electrons. The number of hydrazine groups is 1. The fourth-order valence-corrected chi connectivity index (χ4v) is 1.23. The van der Waals surface area contributed by atoms with Crippen LogP contribution in [0.25, 0.3) is 0 Å². The number of nitrogens with two attached hydrogens (primary N) is 1. The van der Waals surface area contributed by atoms with Crippen molar-refractivity contribution in [1.29, 1.82) is 0 Å². The predicted octanol–water partition coefficient (Wildman–Crippen LogP) is 2.86. The molecule has 0 aliphatic rings. The van der Waals surface area contributed by atoms with E-state index in [0.29, 0.717) is 0 Å². The number of aryl methyl sites for hydroxylation is 1. The van der Waals surface area contributed by atoms with Crippen molar-refractivity contribution in [3.8, 4) is 0 Å². The molecule has 0 saturated heterocycles. The molecule has 78 valence electrons. The Bertz CT molecular complexity index is 288. The molecule has 2 nitrogen and oxygen atoms in total. The molecule has 0 fully saturated rings. The van der Waals surface area contributed by atoms with Crippen LogP contribution in [-0.4, -0.2) is 5.54 Å². The number of rotatable bonds is 3. The van der Waals surface area contributed by atoms with E-state index in [1.807, 2.05) is 5.01 Å². The smallest absolute Gasteiger partial charge is 0.0523 e. The molecular weight excluding hydrogens is 172 g/mol. The fraction of sp³-hybridized carbons (Fsp3) is 0.500. The Kier molecular flexibility index (Phi) is 3.17. The molecule has 0 heterocycles. The van der Waals surface area contributed by atoms with Crippen molar-refractivity contribution in [3.05, 3.63) is 29.8 Å². The van der Waals surface area contributed by atoms with Crippen LogP contribution >= 0.6 is 0 Å². The van der Waals surface area contributed by atoms with Gasteiger partial charge in [-0.1, -0.05) is 24.6 Å². The molecular formula is C12H20N2. The van der Waals surface area contributed by atoms with E-state index in [9.17, 15) is 0 Å². The quantitative estimate of drug-likeness (QED) is 0.589. The summed E-state index contributed by atoms with van der Waals surface area (Å²) in [7, 11) is 0. The summed E-state index contributed by atoms with van der Waals surface area (Å²) >= 11 is 0. The minimum absolute atomic E-state index is 0.00918. The van der Waals surface area contributed by atoms with Crippen LogP contribution in [0.3, 0.4) is 0 Å². The first-order chi connectivity index (χ1) is 6.47. The lowest BCUT2D eigenvalue weighted by Gasteiger charge is -2.35. The molecule has 0 saturated carbocycles. The van der Waals surface area contributed by atoms with E-state index in [0.717, 1.165) is 12.1 Å². The predicted molar refractivity (Wildman–Crippen MR) is 62.2 cm³/mol. The second-order valence-electron chi connectivity index (χ2n) is 4.37. The zero-order valence-corrected chi connectivity index (χ0v) is 9.54. The monoisotopic (exact) mass is 192 g/mol. The van der Waals surface area contributed by atoms with Gasteiger partial charge in [0.2, 0.25) is 0 Å². The summed E-state index contributed by atoms with van der Waals surface area (Å²) in [6, 6.07) is 8.29. The SMILES string of the molecule is CCC(C)(C)N(N)c1ccc(C)cc1. The Labute approximate surface area is 86.7 Å². The lowest BCUT2D eigenvalue weighted by atomic mass is 10.0. The highest BCUT2D eigenvalue weighted by molar-refractivity contribution is 5.48. The van der Waals surface area contributed by atoms with Crippen molar-refractivity contribution in [2.75, 3.05) is 5.01 Å². The summed E-state index contributed by atoms with van der Waals surface area (Å²) in [6.07, 6.45) is 1.03. The van der Waals surface area contributed by atoms with E-state index in [4.69, 9.17) is 5.84 Å². The molecule has 0 bridgehead atoms. The van der Waals surface area contributed by atoms with Crippen molar-refractivity contribution >= 4 is 5.69 Å². The van der Waals surface area contributed by atoms with Crippen LogP contribution in [0, 0.1) is 6.92 Å². The molecule has 0 aliphatic carbocycles. The van der Waals surface area contributed by atoms with Gasteiger partial charge in [0.05, 0.1) is 11.2 Å². The third-order valence-corrected chi connectivity index (χ3v) is 2.83. The lowest BCUT2D eigenvalue weighted by Crippen LogP contribution is -2.48. The number of nitrogens with zero attached hydrogens (tertiary/aromatic N) is 1. The maximum atomic E-state index is 6.07. The lowest BCUT2D eigenvalue weighted by molar-refractivity contribution is 0.451. The minimum Gasteiger partial charge on any atom is -0.306 e. The molecule has 14 heavy (non-hydrogen) atoms. The summed E-state index contributed by atoms with van der Waals surface area (Å²) < 4.78 is 0. The van der Waals surface area contributed by atoms with Crippen LogP contribution in [0.15, 0.2) is 24.3 Å². The largest absolute Gasteiger partial charge is 0.306 e. The van der Waals surface area contributed by atoms with Crippen molar-refractivity contribution in [1.82, 2.24) is 0 Å². The number of hydrogen-bond donors (Lipinski definition) is 1. The van der Waals surface area contributed by atoms with Crippen LogP contribution in [-0.2, 0) is 0 Å². The number of anilines is 1. The normalized spacial score (nSPS) is 11.5. The second-order valence-corrected chi connectivity index (χ2v) is 4.37. The average Bonchev–Trinajstić information content (AvgIpc) is 2.18. The van der Waals surface area contributed by atoms with E-state index in [1.165, 1.54) is 5.56 Å². The fourth-order valence-electron chi connectivity index (χ4n) is 1.23. The molecule has 0 spiro atoms. The topological polar surface area (TPSA) is 29.3 Å². The zero-order chi connectivity index (χ0) is 10.8. The molecule has 0 amide bonds. The molecule has 0 aromatic heterocycles. The maximum absolute atomic E-state index is 6.07. The summed E-state index contributed by atoms with van der Waals surface area (Å²) in [5, 5.41) is 1.84. The Hall–Kier alpha value is -1.02. The van der Waals surface area contributed by atoms with Crippen molar-refractivity contribution in [2.24, 2.45) is 5.84 Å². The number of hydrogen-bond acceptors (Lipinski definition) is 2. The van der Waals surface area contributed by atoms with Gasteiger partial charge in [-0.05, 0) is 39.3 Å². The van der Waals surface area contributed by atoms with Crippen LogP contribution in [0.4, 0.5) is 5.69 Å². The van der Waals surface area contributed by atoms with Crippen molar-refractivity contribution in [3.63, 3.8) is 0 Å². The van der Waals surface area contributed by atoms with Crippen molar-refractivity contribution < 1.29 is 0 Å². The molecule has 0 atom stereocenters. The van der Waals surface area contributed by atoms with Gasteiger partial charge in [0.15, 0.2) is 0 Å². The van der Waals surface area contributed by atoms with Gasteiger partial charge < -0.3 is 5.01 Å². The molecule has 1 aromatic carbocycles. The summed E-state index contributed by atoms with van der Waals surface area (Å²) in [5.74, 6) is 6.07. The molecule has 2 heteroatoms. The third-order valence-electron chi connectivity index (χ3n) is 2.83. The molecule has 1 aromatic rings. The van der Waals surface area contributed by atoms with Gasteiger partial charge in [0.1, 0.15) is 0 Å². The van der Waals surface area contributed by atoms with Gasteiger partial charge in [-0.2, -0.15) is 0 Å². The highest BCUT2D eigenvalue weighted by Gasteiger charge is 2.21. The highest BCUT2D eigenvalue weighted by Crippen LogP contribution is 2.22. The minimum atomic E-state index is 0.00918. The van der Waals surface area contributed by atoms with Crippen LogP contribution < -0.4 is 10.9 Å². The van der Waals surface area contributed by atoms with Crippen LogP contribution in [0.5, 0.6) is 0 Å².